The fraction of sp³-hybridized carbons (Fsp3) is 1.00. The Labute approximate surface area is 37.2 Å². The zero-order chi connectivity index (χ0) is 3.41. The second kappa shape index (κ2) is 8.86. The first-order valence-electron chi connectivity index (χ1n) is 1.13. The molecule has 0 aromatic rings. The third-order valence-corrected chi connectivity index (χ3v) is 0.300. The number of hydrogen-bond acceptors (Lipinski definition) is 2. The van der Waals surface area contributed by atoms with Gasteiger partial charge in [0.1, 0.15) is 0 Å². The maximum atomic E-state index is 7.80. The van der Waals surface area contributed by atoms with E-state index >= 15 is 0 Å². The molecule has 3 radical (unpaired) electrons. The highest BCUT2D eigenvalue weighted by Gasteiger charge is 1.57. The number of thiol groups is 1. The van der Waals surface area contributed by atoms with Crippen molar-refractivity contribution >= 4 is 12.6 Å². The van der Waals surface area contributed by atoms with Crippen molar-refractivity contribution in [1.82, 2.24) is 6.15 Å². The van der Waals surface area contributed by atoms with Crippen LogP contribution in [0.25, 0.3) is 0 Å². The molecule has 0 bridgehead atoms. The molecule has 0 aliphatic rings. The highest BCUT2D eigenvalue weighted by atomic mass is 32.1. The Morgan fingerprint density at radius 1 is 1.60 bits per heavy atom. The Bertz CT molecular complexity index is 11.6. The van der Waals surface area contributed by atoms with Gasteiger partial charge in [-0.1, -0.05) is 0 Å². The largest absolute Gasteiger partial charge is 0.396 e. The molecule has 0 aromatic heterocycles. The third-order valence-electron chi connectivity index (χ3n) is 0.1000. The molecule has 0 unspecified atom stereocenters. The third kappa shape index (κ3) is 13.6. The van der Waals surface area contributed by atoms with E-state index < -0.39 is 0 Å². The summed E-state index contributed by atoms with van der Waals surface area (Å²) in [5.74, 6) is 0.569. The minimum atomic E-state index is 0. The summed E-state index contributed by atoms with van der Waals surface area (Å²) in [7, 11) is 0. The average Bonchev–Trinajstić information content (AvgIpc) is 1.37. The molecule has 0 fully saturated rings. The first kappa shape index (κ1) is 8.99. The van der Waals surface area contributed by atoms with Crippen molar-refractivity contribution in [3.05, 3.63) is 0 Å². The van der Waals surface area contributed by atoms with Gasteiger partial charge in [-0.3, -0.25) is 0 Å². The van der Waals surface area contributed by atoms with Crippen LogP contribution in [-0.4, -0.2) is 17.5 Å². The lowest BCUT2D eigenvalue weighted by Crippen LogP contribution is -1.76. The van der Waals surface area contributed by atoms with E-state index in [4.69, 9.17) is 5.11 Å². The van der Waals surface area contributed by atoms with Crippen LogP contribution in [0.2, 0.25) is 0 Å². The summed E-state index contributed by atoms with van der Waals surface area (Å²) in [4.78, 5) is 0. The first-order chi connectivity index (χ1) is 1.91. The van der Waals surface area contributed by atoms with Crippen LogP contribution in [0.1, 0.15) is 0 Å². The molecule has 0 aliphatic heterocycles. The van der Waals surface area contributed by atoms with Crippen LogP contribution in [0.15, 0.2) is 0 Å². The highest BCUT2D eigenvalue weighted by Crippen LogP contribution is 1.61. The highest BCUT2D eigenvalue weighted by molar-refractivity contribution is 7.80. The van der Waals surface area contributed by atoms with E-state index in [9.17, 15) is 0 Å². The Hall–Kier alpha value is 0.270. The summed E-state index contributed by atoms with van der Waals surface area (Å²) < 4.78 is 0. The molecule has 1 N–H and O–H groups in total. The van der Waals surface area contributed by atoms with E-state index in [-0.39, 0.29) is 12.8 Å². The molecule has 0 rings (SSSR count). The van der Waals surface area contributed by atoms with Crippen molar-refractivity contribution in [2.45, 2.75) is 0 Å². The predicted molar refractivity (Wildman–Crippen MR) is 23.1 cm³/mol. The lowest BCUT2D eigenvalue weighted by molar-refractivity contribution is 0.323. The number of aliphatic hydroxyl groups is 1. The number of hydrogen-bond donors (Lipinski definition) is 2. The molecule has 0 saturated heterocycles. The summed E-state index contributed by atoms with van der Waals surface area (Å²) in [5, 5.41) is 7.80. The molecule has 2 nitrogen and oxygen atoms in total. The van der Waals surface area contributed by atoms with E-state index in [1.165, 1.54) is 0 Å². The molecule has 0 aromatic carbocycles. The molecular weight excluding hydrogens is 86.1 g/mol. The molecule has 0 saturated carbocycles. The van der Waals surface area contributed by atoms with E-state index in [2.05, 4.69) is 12.6 Å². The molecule has 0 heterocycles. The number of rotatable bonds is 1. The van der Waals surface area contributed by atoms with Crippen LogP contribution in [-0.2, 0) is 0 Å². The van der Waals surface area contributed by atoms with Gasteiger partial charge in [-0.25, -0.2) is 0 Å². The predicted octanol–water partition coefficient (Wildman–Crippen LogP) is -0.572. The van der Waals surface area contributed by atoms with Crippen LogP contribution < -0.4 is 6.15 Å². The monoisotopic (exact) mass is 92.0 g/mol. The van der Waals surface area contributed by atoms with Crippen molar-refractivity contribution in [2.24, 2.45) is 0 Å². The van der Waals surface area contributed by atoms with Crippen molar-refractivity contribution < 1.29 is 5.11 Å². The lowest BCUT2D eigenvalue weighted by atomic mass is 10.9. The lowest BCUT2D eigenvalue weighted by Gasteiger charge is -1.69. The van der Waals surface area contributed by atoms with Gasteiger partial charge in [0, 0.05) is 11.9 Å². The normalized spacial score (nSPS) is 6.00. The molecular formula is C2H6NOS. The van der Waals surface area contributed by atoms with Crippen molar-refractivity contribution in [1.29, 1.82) is 0 Å². The van der Waals surface area contributed by atoms with E-state index in [1.807, 2.05) is 0 Å². The van der Waals surface area contributed by atoms with Gasteiger partial charge < -0.3 is 5.11 Å². The Morgan fingerprint density at radius 3 is 1.80 bits per heavy atom. The maximum absolute atomic E-state index is 7.80. The second-order valence-electron chi connectivity index (χ2n) is 0.447. The molecule has 0 amide bonds. The minimum Gasteiger partial charge on any atom is -0.396 e. The van der Waals surface area contributed by atoms with Gasteiger partial charge >= 0.3 is 0 Å². The van der Waals surface area contributed by atoms with Crippen LogP contribution in [0.4, 0.5) is 0 Å². The topological polar surface area (TPSA) is 50.7 Å². The summed E-state index contributed by atoms with van der Waals surface area (Å²) >= 11 is 3.67. The summed E-state index contributed by atoms with van der Waals surface area (Å²) in [6.07, 6.45) is 0. The van der Waals surface area contributed by atoms with E-state index in [0.717, 1.165) is 0 Å². The molecule has 0 aliphatic carbocycles. The summed E-state index contributed by atoms with van der Waals surface area (Å²) in [5.41, 5.74) is 0. The van der Waals surface area contributed by atoms with E-state index in [1.54, 1.807) is 0 Å². The van der Waals surface area contributed by atoms with Gasteiger partial charge in [0.2, 0.25) is 0 Å². The first-order valence-corrected chi connectivity index (χ1v) is 1.76. The van der Waals surface area contributed by atoms with Crippen molar-refractivity contribution in [2.75, 3.05) is 12.4 Å². The molecule has 31 valence electrons. The SMILES string of the molecule is OCCS.[N]. The maximum Gasteiger partial charge on any atom is 0.0519 e. The Balaban J connectivity index is 0. The quantitative estimate of drug-likeness (QED) is 0.418. The van der Waals surface area contributed by atoms with Crippen LogP contribution in [0.5, 0.6) is 0 Å². The van der Waals surface area contributed by atoms with Gasteiger partial charge in [-0.05, 0) is 0 Å². The Morgan fingerprint density at radius 2 is 1.80 bits per heavy atom. The zero-order valence-electron chi connectivity index (χ0n) is 2.76. The molecule has 0 atom stereocenters. The van der Waals surface area contributed by atoms with Crippen LogP contribution in [0, 0.1) is 0 Å². The smallest absolute Gasteiger partial charge is 0.0519 e. The zero-order valence-corrected chi connectivity index (χ0v) is 3.65. The molecule has 3 heteroatoms. The van der Waals surface area contributed by atoms with E-state index in [0.29, 0.717) is 5.75 Å². The average molecular weight is 92.1 g/mol. The fourth-order valence-electron chi connectivity index (χ4n) is 0. The van der Waals surface area contributed by atoms with Gasteiger partial charge in [-0.2, -0.15) is 12.6 Å². The fourth-order valence-corrected chi connectivity index (χ4v) is 0. The summed E-state index contributed by atoms with van der Waals surface area (Å²) in [6, 6.07) is 0. The Kier molecular flexibility index (Phi) is 15.9. The molecule has 5 heavy (non-hydrogen) atoms. The minimum absolute atomic E-state index is 0. The van der Waals surface area contributed by atoms with Gasteiger partial charge in [0.25, 0.3) is 0 Å². The van der Waals surface area contributed by atoms with Crippen molar-refractivity contribution in [3.8, 4) is 0 Å². The standard InChI is InChI=1S/C2H6OS.N/c3-1-2-4;/h3-4H,1-2H2;. The van der Waals surface area contributed by atoms with Crippen LogP contribution in [0.3, 0.4) is 0 Å². The number of nitrogens with zero attached hydrogens (tertiary/aromatic N) is 1. The van der Waals surface area contributed by atoms with Gasteiger partial charge in [0.15, 0.2) is 0 Å². The van der Waals surface area contributed by atoms with Gasteiger partial charge in [-0.15, -0.1) is 0 Å². The second-order valence-corrected chi connectivity index (χ2v) is 0.894. The van der Waals surface area contributed by atoms with Crippen molar-refractivity contribution in [3.63, 3.8) is 0 Å². The number of aliphatic hydroxyl groups excluding tert-OH is 1. The van der Waals surface area contributed by atoms with Gasteiger partial charge in [0.05, 0.1) is 6.61 Å². The molecule has 0 spiro atoms. The van der Waals surface area contributed by atoms with Crippen LogP contribution >= 0.6 is 12.6 Å². The summed E-state index contributed by atoms with van der Waals surface area (Å²) in [6.45, 7) is 0.184.